The molecule has 1 aromatic carbocycles. The minimum atomic E-state index is -0.580. The first-order valence-electron chi connectivity index (χ1n) is 8.29. The number of aliphatic hydroxyl groups excluding tert-OH is 1. The number of ketones is 1. The number of morpholine rings is 1. The molecule has 1 atom stereocenters. The van der Waals surface area contributed by atoms with Crippen molar-refractivity contribution in [3.8, 4) is 0 Å². The minimum absolute atomic E-state index is 0.147. The van der Waals surface area contributed by atoms with Crippen molar-refractivity contribution in [2.75, 3.05) is 39.4 Å². The summed E-state index contributed by atoms with van der Waals surface area (Å²) in [5.74, 6) is -1.26. The smallest absolute Gasteiger partial charge is 0.290 e. The van der Waals surface area contributed by atoms with E-state index in [4.69, 9.17) is 16.3 Å². The van der Waals surface area contributed by atoms with E-state index in [1.165, 1.54) is 6.92 Å². The normalized spacial score (nSPS) is 21.9. The van der Waals surface area contributed by atoms with Crippen LogP contribution in [0.25, 0.3) is 0 Å². The van der Waals surface area contributed by atoms with Crippen molar-refractivity contribution in [3.05, 3.63) is 46.2 Å². The predicted molar refractivity (Wildman–Crippen MR) is 93.5 cm³/mol. The molecule has 0 saturated carbocycles. The molecule has 25 heavy (non-hydrogen) atoms. The third-order valence-corrected chi connectivity index (χ3v) is 4.88. The van der Waals surface area contributed by atoms with Crippen LogP contribution in [0.1, 0.15) is 18.5 Å². The van der Waals surface area contributed by atoms with E-state index in [1.54, 1.807) is 29.2 Å². The SMILES string of the molecule is CC(=O)C1=C(O)C(=O)N(CCN2CCOCC2)[C@H]1c1ccc(Cl)cc1. The van der Waals surface area contributed by atoms with Gasteiger partial charge in [0.25, 0.3) is 5.91 Å². The largest absolute Gasteiger partial charge is 0.503 e. The van der Waals surface area contributed by atoms with Crippen LogP contribution in [0.2, 0.25) is 5.02 Å². The number of rotatable bonds is 5. The Labute approximate surface area is 151 Å². The standard InChI is InChI=1S/C18H21ClN2O4/c1-12(22)15-16(13-2-4-14(19)5-3-13)21(18(24)17(15)23)7-6-20-8-10-25-11-9-20/h2-5,16,23H,6-11H2,1H3/t16-/m0/s1. The summed E-state index contributed by atoms with van der Waals surface area (Å²) in [6.45, 7) is 5.44. The lowest BCUT2D eigenvalue weighted by Crippen LogP contribution is -2.43. The number of ether oxygens (including phenoxy) is 1. The van der Waals surface area contributed by atoms with Crippen LogP contribution in [0.5, 0.6) is 0 Å². The molecule has 2 heterocycles. The van der Waals surface area contributed by atoms with Crippen molar-refractivity contribution in [2.24, 2.45) is 0 Å². The summed E-state index contributed by atoms with van der Waals surface area (Å²) >= 11 is 5.95. The lowest BCUT2D eigenvalue weighted by molar-refractivity contribution is -0.129. The van der Waals surface area contributed by atoms with Crippen LogP contribution in [-0.2, 0) is 14.3 Å². The van der Waals surface area contributed by atoms with Crippen molar-refractivity contribution in [2.45, 2.75) is 13.0 Å². The number of hydrogen-bond donors (Lipinski definition) is 1. The van der Waals surface area contributed by atoms with Gasteiger partial charge in [-0.3, -0.25) is 14.5 Å². The van der Waals surface area contributed by atoms with Gasteiger partial charge in [0.15, 0.2) is 11.5 Å². The van der Waals surface area contributed by atoms with Gasteiger partial charge in [-0.25, -0.2) is 0 Å². The Hall–Kier alpha value is -1.89. The van der Waals surface area contributed by atoms with Gasteiger partial charge in [-0.05, 0) is 24.6 Å². The molecule has 1 saturated heterocycles. The number of halogens is 1. The van der Waals surface area contributed by atoms with E-state index in [-0.39, 0.29) is 11.4 Å². The number of carbonyl (C=O) groups is 2. The Morgan fingerprint density at radius 1 is 1.24 bits per heavy atom. The highest BCUT2D eigenvalue weighted by Crippen LogP contribution is 2.37. The van der Waals surface area contributed by atoms with E-state index in [0.29, 0.717) is 31.3 Å². The van der Waals surface area contributed by atoms with Crippen LogP contribution in [-0.4, -0.2) is 66.0 Å². The summed E-state index contributed by atoms with van der Waals surface area (Å²) in [6.07, 6.45) is 0. The predicted octanol–water partition coefficient (Wildman–Crippen LogP) is 1.96. The van der Waals surface area contributed by atoms with Crippen LogP contribution in [0.3, 0.4) is 0 Å². The van der Waals surface area contributed by atoms with Gasteiger partial charge in [0.2, 0.25) is 0 Å². The maximum atomic E-state index is 12.5. The zero-order valence-electron chi connectivity index (χ0n) is 14.1. The van der Waals surface area contributed by atoms with E-state index in [1.807, 2.05) is 0 Å². The number of aliphatic hydroxyl groups is 1. The fourth-order valence-electron chi connectivity index (χ4n) is 3.31. The van der Waals surface area contributed by atoms with E-state index >= 15 is 0 Å². The van der Waals surface area contributed by atoms with Crippen LogP contribution < -0.4 is 0 Å². The van der Waals surface area contributed by atoms with Gasteiger partial charge in [0.1, 0.15) is 0 Å². The van der Waals surface area contributed by atoms with E-state index in [9.17, 15) is 14.7 Å². The van der Waals surface area contributed by atoms with Gasteiger partial charge in [0.05, 0.1) is 24.8 Å². The molecule has 3 rings (SSSR count). The van der Waals surface area contributed by atoms with Gasteiger partial charge >= 0.3 is 0 Å². The molecule has 1 fully saturated rings. The summed E-state index contributed by atoms with van der Waals surface area (Å²) in [6, 6.07) is 6.42. The van der Waals surface area contributed by atoms with Crippen LogP contribution in [0.15, 0.2) is 35.6 Å². The maximum absolute atomic E-state index is 12.5. The number of nitrogens with zero attached hydrogens (tertiary/aromatic N) is 2. The van der Waals surface area contributed by atoms with Gasteiger partial charge in [0, 0.05) is 31.2 Å². The first-order chi connectivity index (χ1) is 12.0. The average molecular weight is 365 g/mol. The Kier molecular flexibility index (Phi) is 5.42. The van der Waals surface area contributed by atoms with Gasteiger partial charge < -0.3 is 14.7 Å². The zero-order valence-corrected chi connectivity index (χ0v) is 14.8. The van der Waals surface area contributed by atoms with Gasteiger partial charge in [-0.1, -0.05) is 23.7 Å². The van der Waals surface area contributed by atoms with Crippen molar-refractivity contribution in [1.29, 1.82) is 0 Å². The molecule has 134 valence electrons. The third kappa shape index (κ3) is 3.71. The molecule has 6 nitrogen and oxygen atoms in total. The molecule has 2 aliphatic heterocycles. The molecule has 2 aliphatic rings. The van der Waals surface area contributed by atoms with E-state index in [0.717, 1.165) is 18.7 Å². The van der Waals surface area contributed by atoms with Crippen molar-refractivity contribution in [1.82, 2.24) is 9.80 Å². The van der Waals surface area contributed by atoms with Crippen LogP contribution in [0, 0.1) is 0 Å². The molecule has 1 aromatic rings. The van der Waals surface area contributed by atoms with Crippen molar-refractivity contribution < 1.29 is 19.4 Å². The molecule has 0 aliphatic carbocycles. The maximum Gasteiger partial charge on any atom is 0.290 e. The monoisotopic (exact) mass is 364 g/mol. The molecule has 0 unspecified atom stereocenters. The van der Waals surface area contributed by atoms with Gasteiger partial charge in [-0.15, -0.1) is 0 Å². The van der Waals surface area contributed by atoms with Crippen molar-refractivity contribution >= 4 is 23.3 Å². The minimum Gasteiger partial charge on any atom is -0.503 e. The number of hydrogen-bond acceptors (Lipinski definition) is 5. The Bertz CT molecular complexity index is 696. The van der Waals surface area contributed by atoms with Crippen LogP contribution >= 0.6 is 11.6 Å². The second-order valence-electron chi connectivity index (χ2n) is 6.23. The third-order valence-electron chi connectivity index (χ3n) is 4.63. The summed E-state index contributed by atoms with van der Waals surface area (Å²) < 4.78 is 5.33. The fourth-order valence-corrected chi connectivity index (χ4v) is 3.44. The average Bonchev–Trinajstić information content (AvgIpc) is 2.86. The molecule has 7 heteroatoms. The van der Waals surface area contributed by atoms with Gasteiger partial charge in [-0.2, -0.15) is 0 Å². The Balaban J connectivity index is 1.85. The molecule has 0 radical (unpaired) electrons. The lowest BCUT2D eigenvalue weighted by atomic mass is 9.97. The number of amides is 1. The number of Topliss-reactive ketones (excluding diaryl/α,β-unsaturated/α-hetero) is 1. The molecule has 1 N–H and O–H groups in total. The highest BCUT2D eigenvalue weighted by molar-refractivity contribution is 6.30. The molecular weight excluding hydrogens is 344 g/mol. The number of carbonyl (C=O) groups excluding carboxylic acids is 2. The van der Waals surface area contributed by atoms with Crippen LogP contribution in [0.4, 0.5) is 0 Å². The topological polar surface area (TPSA) is 70.1 Å². The highest BCUT2D eigenvalue weighted by Gasteiger charge is 2.42. The Morgan fingerprint density at radius 2 is 1.88 bits per heavy atom. The first kappa shape index (κ1) is 17.9. The van der Waals surface area contributed by atoms with E-state index < -0.39 is 17.7 Å². The second kappa shape index (κ2) is 7.56. The molecular formula is C18H21ClN2O4. The molecule has 0 spiro atoms. The summed E-state index contributed by atoms with van der Waals surface area (Å²) in [4.78, 5) is 28.4. The summed E-state index contributed by atoms with van der Waals surface area (Å²) in [5, 5.41) is 10.8. The molecule has 1 amide bonds. The quantitative estimate of drug-likeness (QED) is 0.864. The Morgan fingerprint density at radius 3 is 2.48 bits per heavy atom. The number of benzene rings is 1. The lowest BCUT2D eigenvalue weighted by Gasteiger charge is -2.31. The zero-order chi connectivity index (χ0) is 18.0. The first-order valence-corrected chi connectivity index (χ1v) is 8.67. The highest BCUT2D eigenvalue weighted by atomic mass is 35.5. The van der Waals surface area contributed by atoms with E-state index in [2.05, 4.69) is 4.90 Å². The second-order valence-corrected chi connectivity index (χ2v) is 6.66. The fraction of sp³-hybridized carbons (Fsp3) is 0.444. The van der Waals surface area contributed by atoms with Crippen molar-refractivity contribution in [3.63, 3.8) is 0 Å². The molecule has 0 bridgehead atoms. The summed E-state index contributed by atoms with van der Waals surface area (Å²) in [7, 11) is 0. The molecule has 0 aromatic heterocycles. The summed E-state index contributed by atoms with van der Waals surface area (Å²) in [5.41, 5.74) is 0.906.